The molecular weight excluding hydrogens is 420 g/mol. The van der Waals surface area contributed by atoms with E-state index in [9.17, 15) is 4.79 Å². The summed E-state index contributed by atoms with van der Waals surface area (Å²) in [5, 5.41) is 11.6. The summed E-state index contributed by atoms with van der Waals surface area (Å²) in [6.07, 6.45) is 0. The van der Waals surface area contributed by atoms with Gasteiger partial charge in [-0.2, -0.15) is 10.1 Å². The lowest BCUT2D eigenvalue weighted by molar-refractivity contribution is 0.0342. The van der Waals surface area contributed by atoms with Crippen LogP contribution in [0.1, 0.15) is 39.0 Å². The van der Waals surface area contributed by atoms with Crippen molar-refractivity contribution in [2.75, 3.05) is 26.3 Å². The van der Waals surface area contributed by atoms with Crippen LogP contribution in [0, 0.1) is 13.8 Å². The summed E-state index contributed by atoms with van der Waals surface area (Å²) in [6.45, 7) is 8.74. The minimum absolute atomic E-state index is 0.0773. The third-order valence-corrected chi connectivity index (χ3v) is 5.78. The van der Waals surface area contributed by atoms with Crippen molar-refractivity contribution in [1.82, 2.24) is 30.1 Å². The van der Waals surface area contributed by atoms with Gasteiger partial charge in [0, 0.05) is 26.2 Å². The molecule has 2 aromatic heterocycles. The molecule has 1 aliphatic heterocycles. The molecule has 3 heterocycles. The largest absolute Gasteiger partial charge is 0.379 e. The molecule has 1 fully saturated rings. The number of nitrogens with zero attached hydrogens (tertiary/aromatic N) is 5. The van der Waals surface area contributed by atoms with Crippen molar-refractivity contribution in [3.8, 4) is 0 Å². The molecule has 0 bridgehead atoms. The van der Waals surface area contributed by atoms with Crippen LogP contribution in [0.2, 0.25) is 5.02 Å². The SMILES string of the molecule is Cc1nn(Cc2noc(C(=O)NCc3ccc(CN4CCOCC4)cc3)n2)c(C)c1Cl. The Morgan fingerprint density at radius 2 is 1.84 bits per heavy atom. The van der Waals surface area contributed by atoms with Crippen LogP contribution in [0.3, 0.4) is 0 Å². The maximum absolute atomic E-state index is 12.4. The second-order valence-corrected chi connectivity index (χ2v) is 7.92. The van der Waals surface area contributed by atoms with Gasteiger partial charge in [-0.15, -0.1) is 0 Å². The van der Waals surface area contributed by atoms with Crippen LogP contribution in [-0.4, -0.2) is 57.0 Å². The van der Waals surface area contributed by atoms with Crippen LogP contribution >= 0.6 is 11.6 Å². The fourth-order valence-corrected chi connectivity index (χ4v) is 3.55. The predicted molar refractivity (Wildman–Crippen MR) is 114 cm³/mol. The zero-order valence-corrected chi connectivity index (χ0v) is 18.4. The van der Waals surface area contributed by atoms with Crippen molar-refractivity contribution in [2.45, 2.75) is 33.5 Å². The summed E-state index contributed by atoms with van der Waals surface area (Å²) in [4.78, 5) is 18.9. The number of hydrogen-bond acceptors (Lipinski definition) is 7. The molecule has 9 nitrogen and oxygen atoms in total. The van der Waals surface area contributed by atoms with Crippen molar-refractivity contribution in [2.24, 2.45) is 0 Å². The van der Waals surface area contributed by atoms with Crippen molar-refractivity contribution in [3.63, 3.8) is 0 Å². The van der Waals surface area contributed by atoms with Gasteiger partial charge in [-0.05, 0) is 25.0 Å². The number of carbonyl (C=O) groups excluding carboxylic acids is 1. The highest BCUT2D eigenvalue weighted by Gasteiger charge is 2.17. The molecule has 1 N–H and O–H groups in total. The van der Waals surface area contributed by atoms with Gasteiger partial charge >= 0.3 is 11.8 Å². The summed E-state index contributed by atoms with van der Waals surface area (Å²) >= 11 is 6.16. The van der Waals surface area contributed by atoms with Crippen LogP contribution in [0.15, 0.2) is 28.8 Å². The van der Waals surface area contributed by atoms with E-state index in [1.807, 2.05) is 26.0 Å². The van der Waals surface area contributed by atoms with Crippen molar-refractivity contribution >= 4 is 17.5 Å². The molecule has 4 rings (SSSR count). The zero-order chi connectivity index (χ0) is 21.8. The lowest BCUT2D eigenvalue weighted by Crippen LogP contribution is -2.35. The fourth-order valence-electron chi connectivity index (χ4n) is 3.41. The Hall–Kier alpha value is -2.75. The Morgan fingerprint density at radius 1 is 1.13 bits per heavy atom. The van der Waals surface area contributed by atoms with Gasteiger partial charge in [0.2, 0.25) is 0 Å². The molecule has 0 spiro atoms. The highest BCUT2D eigenvalue weighted by molar-refractivity contribution is 6.31. The van der Waals surface area contributed by atoms with E-state index in [4.69, 9.17) is 20.9 Å². The molecule has 1 saturated heterocycles. The van der Waals surface area contributed by atoms with Gasteiger partial charge in [0.15, 0.2) is 5.82 Å². The van der Waals surface area contributed by atoms with E-state index in [1.165, 1.54) is 5.56 Å². The Kier molecular flexibility index (Phi) is 6.64. The third-order valence-electron chi connectivity index (χ3n) is 5.23. The number of amides is 1. The third kappa shape index (κ3) is 5.30. The molecule has 3 aromatic rings. The first-order chi connectivity index (χ1) is 15.0. The molecule has 0 saturated carbocycles. The maximum atomic E-state index is 12.4. The smallest absolute Gasteiger partial charge is 0.316 e. The number of halogens is 1. The summed E-state index contributed by atoms with van der Waals surface area (Å²) in [6, 6.07) is 8.20. The van der Waals surface area contributed by atoms with E-state index in [0.717, 1.165) is 49.8 Å². The summed E-state index contributed by atoms with van der Waals surface area (Å²) in [5.41, 5.74) is 3.78. The maximum Gasteiger partial charge on any atom is 0.316 e. The van der Waals surface area contributed by atoms with E-state index in [1.54, 1.807) is 4.68 Å². The summed E-state index contributed by atoms with van der Waals surface area (Å²) < 4.78 is 12.2. The number of ether oxygens (including phenoxy) is 1. The number of aryl methyl sites for hydroxylation is 1. The van der Waals surface area contributed by atoms with Gasteiger partial charge in [0.25, 0.3) is 0 Å². The van der Waals surface area contributed by atoms with Gasteiger partial charge < -0.3 is 14.6 Å². The lowest BCUT2D eigenvalue weighted by Gasteiger charge is -2.26. The predicted octanol–water partition coefficient (Wildman–Crippen LogP) is 2.35. The first-order valence-electron chi connectivity index (χ1n) is 10.2. The summed E-state index contributed by atoms with van der Waals surface area (Å²) in [7, 11) is 0. The minimum atomic E-state index is -0.414. The number of morpholine rings is 1. The second-order valence-electron chi connectivity index (χ2n) is 7.55. The van der Waals surface area contributed by atoms with Crippen LogP contribution in [0.25, 0.3) is 0 Å². The molecular formula is C21H25ClN6O3. The van der Waals surface area contributed by atoms with Crippen LogP contribution in [0.5, 0.6) is 0 Å². The van der Waals surface area contributed by atoms with E-state index in [2.05, 4.69) is 37.6 Å². The Bertz CT molecular complexity index is 1040. The van der Waals surface area contributed by atoms with Crippen molar-refractivity contribution in [3.05, 3.63) is 63.5 Å². The molecule has 1 aliphatic rings. The number of aromatic nitrogens is 4. The number of benzene rings is 1. The van der Waals surface area contributed by atoms with Gasteiger partial charge in [0.1, 0.15) is 6.54 Å². The van der Waals surface area contributed by atoms with Crippen molar-refractivity contribution in [1.29, 1.82) is 0 Å². The first-order valence-corrected chi connectivity index (χ1v) is 10.6. The average molecular weight is 445 g/mol. The first kappa shape index (κ1) is 21.5. The number of carbonyl (C=O) groups is 1. The molecule has 0 aliphatic carbocycles. The normalized spacial score (nSPS) is 14.7. The number of nitrogens with one attached hydrogen (secondary N) is 1. The van der Waals surface area contributed by atoms with Crippen molar-refractivity contribution < 1.29 is 14.1 Å². The van der Waals surface area contributed by atoms with Gasteiger partial charge in [0.05, 0.1) is 29.6 Å². The molecule has 1 aromatic carbocycles. The fraction of sp³-hybridized carbons (Fsp3) is 0.429. The van der Waals surface area contributed by atoms with E-state index in [0.29, 0.717) is 17.4 Å². The highest BCUT2D eigenvalue weighted by atomic mass is 35.5. The topological polar surface area (TPSA) is 98.3 Å². The van der Waals surface area contributed by atoms with Gasteiger partial charge in [-0.3, -0.25) is 14.4 Å². The standard InChI is InChI=1S/C21H25ClN6O3/c1-14-19(22)15(2)28(25-14)13-18-24-21(31-26-18)20(29)23-11-16-3-5-17(6-4-16)12-27-7-9-30-10-8-27/h3-6H,7-13H2,1-2H3,(H,23,29). The quantitative estimate of drug-likeness (QED) is 0.597. The van der Waals surface area contributed by atoms with Crippen LogP contribution < -0.4 is 5.32 Å². The summed E-state index contributed by atoms with van der Waals surface area (Å²) in [5.74, 6) is -0.131. The second kappa shape index (κ2) is 9.59. The highest BCUT2D eigenvalue weighted by Crippen LogP contribution is 2.19. The molecule has 31 heavy (non-hydrogen) atoms. The number of rotatable bonds is 7. The molecule has 0 radical (unpaired) electrons. The zero-order valence-electron chi connectivity index (χ0n) is 17.6. The average Bonchev–Trinajstić information content (AvgIpc) is 3.34. The molecule has 0 atom stereocenters. The van der Waals surface area contributed by atoms with Crippen LogP contribution in [0.4, 0.5) is 0 Å². The monoisotopic (exact) mass is 444 g/mol. The Morgan fingerprint density at radius 3 is 2.52 bits per heavy atom. The molecule has 0 unspecified atom stereocenters. The Labute approximate surface area is 185 Å². The molecule has 1 amide bonds. The molecule has 10 heteroatoms. The van der Waals surface area contributed by atoms with Gasteiger partial charge in [-0.1, -0.05) is 41.0 Å². The van der Waals surface area contributed by atoms with E-state index < -0.39 is 5.91 Å². The van der Waals surface area contributed by atoms with Crippen LogP contribution in [-0.2, 0) is 24.4 Å². The number of hydrogen-bond donors (Lipinski definition) is 1. The minimum Gasteiger partial charge on any atom is -0.379 e. The lowest BCUT2D eigenvalue weighted by atomic mass is 10.1. The molecule has 164 valence electrons. The van der Waals surface area contributed by atoms with E-state index >= 15 is 0 Å². The van der Waals surface area contributed by atoms with Gasteiger partial charge in [-0.25, -0.2) is 0 Å². The Balaban J connectivity index is 1.29. The van der Waals surface area contributed by atoms with E-state index in [-0.39, 0.29) is 12.4 Å².